The molecule has 1 fully saturated rings. The van der Waals surface area contributed by atoms with Crippen LogP contribution in [0.3, 0.4) is 0 Å². The van der Waals surface area contributed by atoms with Crippen molar-refractivity contribution >= 4 is 32.7 Å². The van der Waals surface area contributed by atoms with E-state index in [-0.39, 0.29) is 23.0 Å². The van der Waals surface area contributed by atoms with Gasteiger partial charge in [-0.2, -0.15) is 13.5 Å². The first-order valence-corrected chi connectivity index (χ1v) is 14.9. The summed E-state index contributed by atoms with van der Waals surface area (Å²) < 4.78 is 32.6. The van der Waals surface area contributed by atoms with Gasteiger partial charge in [-0.05, 0) is 55.2 Å². The second-order valence-corrected chi connectivity index (χ2v) is 12.0. The van der Waals surface area contributed by atoms with Crippen LogP contribution in [0, 0.1) is 6.92 Å². The zero-order valence-electron chi connectivity index (χ0n) is 20.9. The number of aromatic nitrogens is 2. The van der Waals surface area contributed by atoms with Gasteiger partial charge in [0.1, 0.15) is 0 Å². The molecule has 7 nitrogen and oxygen atoms in total. The summed E-state index contributed by atoms with van der Waals surface area (Å²) >= 11 is 1.16. The van der Waals surface area contributed by atoms with E-state index < -0.39 is 10.0 Å². The van der Waals surface area contributed by atoms with Crippen LogP contribution in [0.2, 0.25) is 0 Å². The average molecular weight is 543 g/mol. The molecule has 0 N–H and O–H groups in total. The molecule has 0 amide bonds. The van der Waals surface area contributed by atoms with Crippen LogP contribution in [-0.2, 0) is 34.2 Å². The Labute approximate surface area is 226 Å². The summed E-state index contributed by atoms with van der Waals surface area (Å²) in [7, 11) is -3.97. The van der Waals surface area contributed by atoms with Gasteiger partial charge in [-0.1, -0.05) is 66.4 Å². The Morgan fingerprint density at radius 1 is 0.947 bits per heavy atom. The number of benzene rings is 3. The molecule has 3 aromatic carbocycles. The normalized spacial score (nSPS) is 16.4. The maximum Gasteiger partial charge on any atom is 0.284 e. The van der Waals surface area contributed by atoms with E-state index in [1.54, 1.807) is 29.2 Å². The fourth-order valence-electron chi connectivity index (χ4n) is 5.02. The molecule has 0 spiro atoms. The van der Waals surface area contributed by atoms with E-state index in [4.69, 9.17) is 5.10 Å². The molecule has 0 atom stereocenters. The van der Waals surface area contributed by atoms with Crippen molar-refractivity contribution in [3.63, 3.8) is 0 Å². The SMILES string of the molecule is Cc1c2c(nn1-c1ccc(S(=O)(=O)/N=C3/SCC(=O)CN3Cc3ccccc3)cc1)-c1ccccc1CC2. The van der Waals surface area contributed by atoms with Gasteiger partial charge in [-0.3, -0.25) is 4.79 Å². The molecule has 0 radical (unpaired) electrons. The standard InChI is InChI=1S/C29H26N4O3S2/c1-20-26-16-11-22-9-5-6-10-27(22)28(26)30-33(20)23-12-14-25(15-13-23)38(35,36)31-29-32(18-24(34)19-37-29)17-21-7-3-2-4-8-21/h2-10,12-15H,11,16-19H2,1H3/b31-29+. The maximum absolute atomic E-state index is 13.3. The molecular weight excluding hydrogens is 516 g/mol. The number of ketones is 1. The number of rotatable bonds is 5. The Balaban J connectivity index is 1.28. The summed E-state index contributed by atoms with van der Waals surface area (Å²) in [6.07, 6.45) is 1.92. The van der Waals surface area contributed by atoms with Crippen LogP contribution in [0.25, 0.3) is 16.9 Å². The molecule has 2 heterocycles. The van der Waals surface area contributed by atoms with Crippen LogP contribution >= 0.6 is 11.8 Å². The van der Waals surface area contributed by atoms with E-state index in [0.29, 0.717) is 11.7 Å². The number of Topliss-reactive ketones (excluding diaryl/α,β-unsaturated/α-hetero) is 1. The summed E-state index contributed by atoms with van der Waals surface area (Å²) in [5.74, 6) is 0.261. The summed E-state index contributed by atoms with van der Waals surface area (Å²) in [5, 5.41) is 5.24. The lowest BCUT2D eigenvalue weighted by Crippen LogP contribution is -2.39. The highest BCUT2D eigenvalue weighted by Crippen LogP contribution is 2.35. The molecule has 1 aromatic heterocycles. The number of fused-ring (bicyclic) bond motifs is 3. The van der Waals surface area contributed by atoms with E-state index >= 15 is 0 Å². The van der Waals surface area contributed by atoms with Gasteiger partial charge < -0.3 is 4.90 Å². The van der Waals surface area contributed by atoms with Crippen LogP contribution in [0.5, 0.6) is 0 Å². The first kappa shape index (κ1) is 24.6. The molecule has 192 valence electrons. The monoisotopic (exact) mass is 542 g/mol. The number of thioether (sulfide) groups is 1. The molecule has 0 unspecified atom stereocenters. The molecule has 1 saturated heterocycles. The smallest absolute Gasteiger partial charge is 0.284 e. The number of sulfonamides is 1. The van der Waals surface area contributed by atoms with Crippen molar-refractivity contribution in [3.05, 3.63) is 101 Å². The topological polar surface area (TPSA) is 84.6 Å². The van der Waals surface area contributed by atoms with Gasteiger partial charge in [-0.25, -0.2) is 4.68 Å². The number of carbonyl (C=O) groups is 1. The van der Waals surface area contributed by atoms with Crippen molar-refractivity contribution in [2.45, 2.75) is 31.2 Å². The fraction of sp³-hybridized carbons (Fsp3) is 0.207. The number of hydrogen-bond acceptors (Lipinski definition) is 5. The first-order chi connectivity index (χ1) is 18.4. The molecule has 1 aliphatic carbocycles. The largest absolute Gasteiger partial charge is 0.339 e. The number of carbonyl (C=O) groups excluding carboxylic acids is 1. The molecule has 38 heavy (non-hydrogen) atoms. The summed E-state index contributed by atoms with van der Waals surface area (Å²) in [6, 6.07) is 24.7. The molecule has 2 aliphatic rings. The van der Waals surface area contributed by atoms with Crippen LogP contribution in [-0.4, -0.2) is 46.3 Å². The highest BCUT2D eigenvalue weighted by molar-refractivity contribution is 8.15. The van der Waals surface area contributed by atoms with Crippen molar-refractivity contribution in [2.75, 3.05) is 12.3 Å². The third-order valence-corrected chi connectivity index (χ3v) is 9.42. The predicted molar refractivity (Wildman–Crippen MR) is 150 cm³/mol. The highest BCUT2D eigenvalue weighted by Gasteiger charge is 2.27. The number of hydrogen-bond donors (Lipinski definition) is 0. The highest BCUT2D eigenvalue weighted by atomic mass is 32.2. The summed E-state index contributed by atoms with van der Waals surface area (Å²) in [5.41, 5.74) is 7.53. The van der Waals surface area contributed by atoms with Gasteiger partial charge in [-0.15, -0.1) is 4.40 Å². The fourth-order valence-corrected chi connectivity index (χ4v) is 7.12. The van der Waals surface area contributed by atoms with E-state index in [1.165, 1.54) is 11.1 Å². The Morgan fingerprint density at radius 2 is 1.68 bits per heavy atom. The zero-order chi connectivity index (χ0) is 26.3. The van der Waals surface area contributed by atoms with Crippen molar-refractivity contribution in [1.82, 2.24) is 14.7 Å². The summed E-state index contributed by atoms with van der Waals surface area (Å²) in [6.45, 7) is 2.61. The lowest BCUT2D eigenvalue weighted by atomic mass is 9.89. The van der Waals surface area contributed by atoms with Crippen LogP contribution in [0.15, 0.2) is 88.2 Å². The average Bonchev–Trinajstić information content (AvgIpc) is 3.27. The van der Waals surface area contributed by atoms with E-state index in [9.17, 15) is 13.2 Å². The molecule has 4 aromatic rings. The Morgan fingerprint density at radius 3 is 2.47 bits per heavy atom. The van der Waals surface area contributed by atoms with Gasteiger partial charge >= 0.3 is 0 Å². The van der Waals surface area contributed by atoms with Gasteiger partial charge in [0.15, 0.2) is 11.0 Å². The second-order valence-electron chi connectivity index (χ2n) is 9.49. The molecular formula is C29H26N4O3S2. The molecule has 1 aliphatic heterocycles. The third-order valence-electron chi connectivity index (χ3n) is 6.95. The van der Waals surface area contributed by atoms with Crippen molar-refractivity contribution in [2.24, 2.45) is 4.40 Å². The number of amidine groups is 1. The van der Waals surface area contributed by atoms with E-state index in [1.807, 2.05) is 41.1 Å². The van der Waals surface area contributed by atoms with Gasteiger partial charge in [0.25, 0.3) is 10.0 Å². The maximum atomic E-state index is 13.3. The Hall–Kier alpha value is -3.69. The Kier molecular flexibility index (Phi) is 6.41. The summed E-state index contributed by atoms with van der Waals surface area (Å²) in [4.78, 5) is 13.9. The Bertz CT molecular complexity index is 1660. The quantitative estimate of drug-likeness (QED) is 0.360. The van der Waals surface area contributed by atoms with Gasteiger partial charge in [0.2, 0.25) is 0 Å². The molecule has 0 bridgehead atoms. The lowest BCUT2D eigenvalue weighted by Gasteiger charge is -2.28. The first-order valence-electron chi connectivity index (χ1n) is 12.4. The minimum atomic E-state index is -3.97. The predicted octanol–water partition coefficient (Wildman–Crippen LogP) is 4.81. The van der Waals surface area contributed by atoms with E-state index in [0.717, 1.165) is 52.8 Å². The second kappa shape index (κ2) is 9.89. The third kappa shape index (κ3) is 4.68. The van der Waals surface area contributed by atoms with Crippen LogP contribution < -0.4 is 0 Å². The minimum Gasteiger partial charge on any atom is -0.339 e. The lowest BCUT2D eigenvalue weighted by molar-refractivity contribution is -0.117. The molecule has 6 rings (SSSR count). The molecule has 0 saturated carbocycles. The molecule has 9 heteroatoms. The number of aryl methyl sites for hydroxylation is 1. The number of nitrogens with zero attached hydrogens (tertiary/aromatic N) is 4. The zero-order valence-corrected chi connectivity index (χ0v) is 22.5. The van der Waals surface area contributed by atoms with E-state index in [2.05, 4.69) is 29.5 Å². The van der Waals surface area contributed by atoms with Crippen molar-refractivity contribution < 1.29 is 13.2 Å². The van der Waals surface area contributed by atoms with Crippen LogP contribution in [0.1, 0.15) is 22.4 Å². The van der Waals surface area contributed by atoms with Crippen molar-refractivity contribution in [3.8, 4) is 16.9 Å². The van der Waals surface area contributed by atoms with Gasteiger partial charge in [0.05, 0.1) is 28.6 Å². The van der Waals surface area contributed by atoms with Crippen LogP contribution in [0.4, 0.5) is 0 Å². The van der Waals surface area contributed by atoms with Crippen molar-refractivity contribution in [1.29, 1.82) is 0 Å². The minimum absolute atomic E-state index is 0.0477. The van der Waals surface area contributed by atoms with Gasteiger partial charge in [0, 0.05) is 23.4 Å².